The topological polar surface area (TPSA) is 43.8 Å². The molecule has 0 aliphatic carbocycles. The van der Waals surface area contributed by atoms with Gasteiger partial charge in [-0.3, -0.25) is 9.69 Å². The standard InChI is InChI=1S/C15H23BrN2O2/c1-3-18(9-6-10-19)12-15(20)17(2)11-13-7-4-5-8-14(13)16/h4-5,7-8,19H,3,6,9-12H2,1-2H3. The minimum atomic E-state index is 0.0977. The van der Waals surface area contributed by atoms with Crippen molar-refractivity contribution in [2.45, 2.75) is 19.9 Å². The van der Waals surface area contributed by atoms with Crippen molar-refractivity contribution in [3.63, 3.8) is 0 Å². The molecule has 20 heavy (non-hydrogen) atoms. The van der Waals surface area contributed by atoms with Gasteiger partial charge < -0.3 is 10.0 Å². The first-order valence-corrected chi connectivity index (χ1v) is 7.68. The van der Waals surface area contributed by atoms with Gasteiger partial charge in [0, 0.05) is 31.2 Å². The molecule has 0 radical (unpaired) electrons. The van der Waals surface area contributed by atoms with E-state index in [1.54, 1.807) is 4.90 Å². The normalized spacial score (nSPS) is 10.8. The minimum absolute atomic E-state index is 0.0977. The SMILES string of the molecule is CCN(CCCO)CC(=O)N(C)Cc1ccccc1Br. The summed E-state index contributed by atoms with van der Waals surface area (Å²) in [5, 5.41) is 8.85. The highest BCUT2D eigenvalue weighted by Gasteiger charge is 2.14. The van der Waals surface area contributed by atoms with Crippen LogP contribution in [0.25, 0.3) is 0 Å². The van der Waals surface area contributed by atoms with Crippen molar-refractivity contribution in [1.29, 1.82) is 0 Å². The molecule has 1 rings (SSSR count). The lowest BCUT2D eigenvalue weighted by molar-refractivity contribution is -0.131. The Morgan fingerprint density at radius 1 is 1.35 bits per heavy atom. The highest BCUT2D eigenvalue weighted by Crippen LogP contribution is 2.17. The molecular formula is C15H23BrN2O2. The zero-order valence-corrected chi connectivity index (χ0v) is 13.8. The van der Waals surface area contributed by atoms with E-state index in [4.69, 9.17) is 5.11 Å². The second-order valence-corrected chi connectivity index (χ2v) is 5.64. The second kappa shape index (κ2) is 9.10. The average Bonchev–Trinajstić information content (AvgIpc) is 2.45. The van der Waals surface area contributed by atoms with Crippen LogP contribution in [-0.4, -0.2) is 54.1 Å². The molecule has 0 heterocycles. The van der Waals surface area contributed by atoms with Gasteiger partial charge >= 0.3 is 0 Å². The number of halogens is 1. The summed E-state index contributed by atoms with van der Waals surface area (Å²) >= 11 is 3.50. The molecule has 0 bridgehead atoms. The molecular weight excluding hydrogens is 320 g/mol. The van der Waals surface area contributed by atoms with E-state index in [1.807, 2.05) is 38.2 Å². The highest BCUT2D eigenvalue weighted by molar-refractivity contribution is 9.10. The fourth-order valence-electron chi connectivity index (χ4n) is 1.93. The molecule has 1 aromatic carbocycles. The van der Waals surface area contributed by atoms with Crippen molar-refractivity contribution in [2.75, 3.05) is 33.3 Å². The Kier molecular flexibility index (Phi) is 7.80. The molecule has 1 amide bonds. The first kappa shape index (κ1) is 17.1. The third-order valence-electron chi connectivity index (χ3n) is 3.23. The molecule has 1 N–H and O–H groups in total. The molecule has 5 heteroatoms. The summed E-state index contributed by atoms with van der Waals surface area (Å²) in [7, 11) is 1.82. The summed E-state index contributed by atoms with van der Waals surface area (Å²) in [6.45, 7) is 4.75. The number of nitrogens with zero attached hydrogens (tertiary/aromatic N) is 2. The Bertz CT molecular complexity index is 426. The van der Waals surface area contributed by atoms with Gasteiger partial charge in [0.15, 0.2) is 0 Å². The van der Waals surface area contributed by atoms with Gasteiger partial charge in [0.2, 0.25) is 5.91 Å². The third kappa shape index (κ3) is 5.61. The van der Waals surface area contributed by atoms with Crippen LogP contribution in [0.15, 0.2) is 28.7 Å². The number of carbonyl (C=O) groups is 1. The van der Waals surface area contributed by atoms with E-state index in [0.29, 0.717) is 19.5 Å². The highest BCUT2D eigenvalue weighted by atomic mass is 79.9. The van der Waals surface area contributed by atoms with Crippen LogP contribution in [0, 0.1) is 0 Å². The number of carbonyl (C=O) groups excluding carboxylic acids is 1. The zero-order chi connectivity index (χ0) is 15.0. The Hall–Kier alpha value is -0.910. The Labute approximate surface area is 129 Å². The molecule has 0 aromatic heterocycles. The molecule has 0 saturated carbocycles. The van der Waals surface area contributed by atoms with E-state index >= 15 is 0 Å². The van der Waals surface area contributed by atoms with Gasteiger partial charge in [-0.05, 0) is 24.6 Å². The van der Waals surface area contributed by atoms with Gasteiger partial charge in [0.25, 0.3) is 0 Å². The van der Waals surface area contributed by atoms with E-state index in [2.05, 4.69) is 20.8 Å². The van der Waals surface area contributed by atoms with Crippen LogP contribution in [0.4, 0.5) is 0 Å². The lowest BCUT2D eigenvalue weighted by atomic mass is 10.2. The Morgan fingerprint density at radius 3 is 2.65 bits per heavy atom. The summed E-state index contributed by atoms with van der Waals surface area (Å²) < 4.78 is 1.02. The van der Waals surface area contributed by atoms with Crippen molar-refractivity contribution in [1.82, 2.24) is 9.80 Å². The van der Waals surface area contributed by atoms with E-state index in [9.17, 15) is 4.79 Å². The van der Waals surface area contributed by atoms with Crippen LogP contribution >= 0.6 is 15.9 Å². The Balaban J connectivity index is 2.52. The van der Waals surface area contributed by atoms with E-state index in [1.165, 1.54) is 0 Å². The molecule has 112 valence electrons. The molecule has 0 unspecified atom stereocenters. The van der Waals surface area contributed by atoms with Crippen LogP contribution in [0.5, 0.6) is 0 Å². The fraction of sp³-hybridized carbons (Fsp3) is 0.533. The van der Waals surface area contributed by atoms with Gasteiger partial charge in [-0.2, -0.15) is 0 Å². The maximum absolute atomic E-state index is 12.2. The third-order valence-corrected chi connectivity index (χ3v) is 4.00. The van der Waals surface area contributed by atoms with Crippen molar-refractivity contribution in [3.05, 3.63) is 34.3 Å². The summed E-state index contributed by atoms with van der Waals surface area (Å²) in [5.74, 6) is 0.0977. The predicted molar refractivity (Wildman–Crippen MR) is 84.4 cm³/mol. The van der Waals surface area contributed by atoms with Gasteiger partial charge in [-0.25, -0.2) is 0 Å². The van der Waals surface area contributed by atoms with E-state index in [0.717, 1.165) is 23.1 Å². The van der Waals surface area contributed by atoms with Crippen molar-refractivity contribution >= 4 is 21.8 Å². The largest absolute Gasteiger partial charge is 0.396 e. The van der Waals surface area contributed by atoms with E-state index < -0.39 is 0 Å². The molecule has 0 saturated heterocycles. The number of aliphatic hydroxyl groups excluding tert-OH is 1. The number of benzene rings is 1. The lowest BCUT2D eigenvalue weighted by Gasteiger charge is -2.24. The van der Waals surface area contributed by atoms with Gasteiger partial charge in [0.1, 0.15) is 0 Å². The van der Waals surface area contributed by atoms with Crippen LogP contribution < -0.4 is 0 Å². The summed E-state index contributed by atoms with van der Waals surface area (Å²) in [5.41, 5.74) is 1.10. The van der Waals surface area contributed by atoms with Gasteiger partial charge in [-0.15, -0.1) is 0 Å². The van der Waals surface area contributed by atoms with Gasteiger partial charge in [-0.1, -0.05) is 41.1 Å². The molecule has 0 atom stereocenters. The van der Waals surface area contributed by atoms with Crippen LogP contribution in [0.1, 0.15) is 18.9 Å². The molecule has 0 spiro atoms. The number of amides is 1. The molecule has 4 nitrogen and oxygen atoms in total. The number of aliphatic hydroxyl groups is 1. The molecule has 1 aromatic rings. The summed E-state index contributed by atoms with van der Waals surface area (Å²) in [6.07, 6.45) is 0.703. The van der Waals surface area contributed by atoms with Crippen LogP contribution in [0.2, 0.25) is 0 Å². The lowest BCUT2D eigenvalue weighted by Crippen LogP contribution is -2.38. The Morgan fingerprint density at radius 2 is 2.05 bits per heavy atom. The number of hydrogen-bond donors (Lipinski definition) is 1. The van der Waals surface area contributed by atoms with Gasteiger partial charge in [0.05, 0.1) is 6.54 Å². The van der Waals surface area contributed by atoms with Crippen molar-refractivity contribution in [2.24, 2.45) is 0 Å². The van der Waals surface area contributed by atoms with Crippen LogP contribution in [-0.2, 0) is 11.3 Å². The smallest absolute Gasteiger partial charge is 0.236 e. The molecule has 0 fully saturated rings. The predicted octanol–water partition coefficient (Wildman–Crippen LogP) is 2.11. The van der Waals surface area contributed by atoms with E-state index in [-0.39, 0.29) is 12.5 Å². The summed E-state index contributed by atoms with van der Waals surface area (Å²) in [4.78, 5) is 16.0. The number of rotatable bonds is 8. The average molecular weight is 343 g/mol. The van der Waals surface area contributed by atoms with Crippen LogP contribution in [0.3, 0.4) is 0 Å². The quantitative estimate of drug-likeness (QED) is 0.786. The minimum Gasteiger partial charge on any atom is -0.396 e. The number of hydrogen-bond acceptors (Lipinski definition) is 3. The molecule has 0 aliphatic rings. The fourth-order valence-corrected chi connectivity index (χ4v) is 2.34. The molecule has 0 aliphatic heterocycles. The van der Waals surface area contributed by atoms with Crippen molar-refractivity contribution in [3.8, 4) is 0 Å². The van der Waals surface area contributed by atoms with Crippen molar-refractivity contribution < 1.29 is 9.90 Å². The first-order chi connectivity index (χ1) is 9.58. The second-order valence-electron chi connectivity index (χ2n) is 4.79. The zero-order valence-electron chi connectivity index (χ0n) is 12.2. The first-order valence-electron chi connectivity index (χ1n) is 6.89. The maximum Gasteiger partial charge on any atom is 0.236 e. The monoisotopic (exact) mass is 342 g/mol. The summed E-state index contributed by atoms with van der Waals surface area (Å²) in [6, 6.07) is 7.92. The maximum atomic E-state index is 12.2. The number of likely N-dealkylation sites (N-methyl/N-ethyl adjacent to an activating group) is 2.